The van der Waals surface area contributed by atoms with E-state index in [4.69, 9.17) is 4.74 Å². The van der Waals surface area contributed by atoms with Crippen molar-refractivity contribution in [3.63, 3.8) is 0 Å². The number of anilines is 2. The summed E-state index contributed by atoms with van der Waals surface area (Å²) in [6.45, 7) is 1.25. The number of benzene rings is 1. The molecule has 42 heavy (non-hydrogen) atoms. The van der Waals surface area contributed by atoms with Gasteiger partial charge in [-0.1, -0.05) is 12.0 Å². The molecule has 3 N–H and O–H groups in total. The Hall–Kier alpha value is -4.40. The molecular weight excluding hydrogens is 545 g/mol. The summed E-state index contributed by atoms with van der Waals surface area (Å²) in [5.41, 5.74) is 3.89. The standard InChI is InChI=1S/C25H25F3N4O2.C6H8N2/c26-25(27,28)17-32-23(2-1-9-29-21-4-5-22(16-33)31-15-21)13-19-12-18(3-6-24(19)32)14-30-20-7-10-34-11-8-20;1-7-6-2-4-8-5-3-6/h3-6,12-13,15-16,20,29-30H,7-11,14,17H2;2-5H,1H3,(H,7,8). The van der Waals surface area contributed by atoms with Crippen LogP contribution >= 0.6 is 0 Å². The molecule has 0 saturated carbocycles. The number of alkyl halides is 3. The fraction of sp³-hybridized carbons (Fsp3) is 0.323. The zero-order valence-electron chi connectivity index (χ0n) is 23.2. The predicted octanol–water partition coefficient (Wildman–Crippen LogP) is 5.27. The summed E-state index contributed by atoms with van der Waals surface area (Å²) < 4.78 is 46.4. The molecule has 220 valence electrons. The molecule has 4 heterocycles. The van der Waals surface area contributed by atoms with Gasteiger partial charge in [-0.2, -0.15) is 13.2 Å². The lowest BCUT2D eigenvalue weighted by Crippen LogP contribution is -2.34. The molecule has 5 rings (SSSR count). The van der Waals surface area contributed by atoms with Crippen LogP contribution in [-0.4, -0.2) is 59.8 Å². The largest absolute Gasteiger partial charge is 0.406 e. The van der Waals surface area contributed by atoms with E-state index in [1.54, 1.807) is 36.7 Å². The first-order chi connectivity index (χ1) is 20.3. The molecule has 0 unspecified atom stereocenters. The van der Waals surface area contributed by atoms with Crippen molar-refractivity contribution in [1.82, 2.24) is 19.9 Å². The van der Waals surface area contributed by atoms with E-state index in [0.717, 1.165) is 42.7 Å². The zero-order valence-corrected chi connectivity index (χ0v) is 23.2. The lowest BCUT2D eigenvalue weighted by atomic mass is 10.1. The molecule has 0 amide bonds. The highest BCUT2D eigenvalue weighted by atomic mass is 19.4. The van der Waals surface area contributed by atoms with Gasteiger partial charge in [-0.25, -0.2) is 0 Å². The van der Waals surface area contributed by atoms with E-state index < -0.39 is 12.7 Å². The topological polar surface area (TPSA) is 93.1 Å². The molecule has 11 heteroatoms. The van der Waals surface area contributed by atoms with Crippen LogP contribution in [0.15, 0.2) is 67.1 Å². The molecule has 1 aliphatic rings. The number of pyridine rings is 2. The number of ether oxygens (including phenoxy) is 1. The van der Waals surface area contributed by atoms with Gasteiger partial charge in [-0.15, -0.1) is 0 Å². The van der Waals surface area contributed by atoms with Crippen molar-refractivity contribution >= 4 is 28.6 Å². The Labute approximate surface area is 242 Å². The van der Waals surface area contributed by atoms with Gasteiger partial charge in [0.1, 0.15) is 12.2 Å². The summed E-state index contributed by atoms with van der Waals surface area (Å²) >= 11 is 0. The van der Waals surface area contributed by atoms with Gasteiger partial charge in [0.25, 0.3) is 0 Å². The first-order valence-electron chi connectivity index (χ1n) is 13.6. The smallest absolute Gasteiger partial charge is 0.388 e. The molecule has 4 aromatic rings. The van der Waals surface area contributed by atoms with E-state index in [1.165, 1.54) is 10.8 Å². The van der Waals surface area contributed by atoms with Crippen LogP contribution in [0.4, 0.5) is 24.5 Å². The first-order valence-corrected chi connectivity index (χ1v) is 13.6. The van der Waals surface area contributed by atoms with Crippen molar-refractivity contribution in [3.05, 3.63) is 84.1 Å². The lowest BCUT2D eigenvalue weighted by molar-refractivity contribution is -0.140. The van der Waals surface area contributed by atoms with Gasteiger partial charge in [-0.05, 0) is 66.8 Å². The number of fused-ring (bicyclic) bond motifs is 1. The van der Waals surface area contributed by atoms with E-state index in [2.05, 4.69) is 37.8 Å². The summed E-state index contributed by atoms with van der Waals surface area (Å²) in [6, 6.07) is 14.7. The van der Waals surface area contributed by atoms with Crippen LogP contribution in [0.3, 0.4) is 0 Å². The van der Waals surface area contributed by atoms with Gasteiger partial charge in [-0.3, -0.25) is 14.8 Å². The fourth-order valence-electron chi connectivity index (χ4n) is 4.43. The molecule has 0 atom stereocenters. The Bertz CT molecular complexity index is 1490. The maximum atomic E-state index is 13.3. The molecule has 0 aliphatic carbocycles. The molecule has 1 aliphatic heterocycles. The van der Waals surface area contributed by atoms with Crippen molar-refractivity contribution < 1.29 is 22.7 Å². The summed E-state index contributed by atoms with van der Waals surface area (Å²) in [5.74, 6) is 5.74. The third-order valence-electron chi connectivity index (χ3n) is 6.59. The average Bonchev–Trinajstić information content (AvgIpc) is 3.34. The highest BCUT2D eigenvalue weighted by Gasteiger charge is 2.29. The molecule has 0 spiro atoms. The molecule has 0 bridgehead atoms. The number of aromatic nitrogens is 3. The van der Waals surface area contributed by atoms with Gasteiger partial charge in [0.15, 0.2) is 6.29 Å². The number of hydrogen-bond acceptors (Lipinski definition) is 7. The normalized spacial score (nSPS) is 13.4. The monoisotopic (exact) mass is 578 g/mol. The first kappa shape index (κ1) is 30.6. The summed E-state index contributed by atoms with van der Waals surface area (Å²) in [5, 5.41) is 10.2. The zero-order chi connectivity index (χ0) is 29.8. The van der Waals surface area contributed by atoms with Crippen LogP contribution in [0.5, 0.6) is 0 Å². The molecule has 8 nitrogen and oxygen atoms in total. The van der Waals surface area contributed by atoms with E-state index in [9.17, 15) is 18.0 Å². The summed E-state index contributed by atoms with van der Waals surface area (Å²) in [4.78, 5) is 18.5. The Kier molecular flexibility index (Phi) is 10.9. The van der Waals surface area contributed by atoms with E-state index in [-0.39, 0.29) is 6.54 Å². The van der Waals surface area contributed by atoms with Crippen LogP contribution in [0, 0.1) is 11.8 Å². The van der Waals surface area contributed by atoms with Crippen LogP contribution in [-0.2, 0) is 17.8 Å². The third-order valence-corrected chi connectivity index (χ3v) is 6.59. The Morgan fingerprint density at radius 3 is 2.50 bits per heavy atom. The van der Waals surface area contributed by atoms with Gasteiger partial charge in [0.2, 0.25) is 0 Å². The van der Waals surface area contributed by atoms with Crippen molar-refractivity contribution in [2.45, 2.75) is 38.1 Å². The SMILES string of the molecule is CNc1ccncc1.O=Cc1ccc(NCC#Cc2cc3cc(CNC4CCOCC4)ccc3n2CC(F)(F)F)cn1. The second-order valence-corrected chi connectivity index (χ2v) is 9.62. The third kappa shape index (κ3) is 9.33. The number of nitrogens with one attached hydrogen (secondary N) is 3. The lowest BCUT2D eigenvalue weighted by Gasteiger charge is -2.23. The van der Waals surface area contributed by atoms with Crippen LogP contribution in [0.25, 0.3) is 10.9 Å². The van der Waals surface area contributed by atoms with Crippen LogP contribution in [0.1, 0.15) is 34.6 Å². The minimum atomic E-state index is -4.37. The van der Waals surface area contributed by atoms with E-state index in [1.807, 2.05) is 31.3 Å². The van der Waals surface area contributed by atoms with E-state index >= 15 is 0 Å². The number of carbonyl (C=O) groups excluding carboxylic acids is 1. The Morgan fingerprint density at radius 2 is 1.86 bits per heavy atom. The summed E-state index contributed by atoms with van der Waals surface area (Å²) in [6.07, 6.45) is 3.20. The Morgan fingerprint density at radius 1 is 1.07 bits per heavy atom. The summed E-state index contributed by atoms with van der Waals surface area (Å²) in [7, 11) is 1.88. The number of nitrogens with zero attached hydrogens (tertiary/aromatic N) is 3. The second kappa shape index (κ2) is 15.0. The van der Waals surface area contributed by atoms with Gasteiger partial charge < -0.3 is 25.3 Å². The number of aldehydes is 1. The van der Waals surface area contributed by atoms with Crippen LogP contribution in [0.2, 0.25) is 0 Å². The molecule has 1 fully saturated rings. The molecular formula is C31H33F3N6O2. The maximum Gasteiger partial charge on any atom is 0.406 e. The van der Waals surface area contributed by atoms with Crippen molar-refractivity contribution in [3.8, 4) is 11.8 Å². The molecule has 0 radical (unpaired) electrons. The predicted molar refractivity (Wildman–Crippen MR) is 157 cm³/mol. The van der Waals surface area contributed by atoms with Gasteiger partial charge >= 0.3 is 6.18 Å². The van der Waals surface area contributed by atoms with Gasteiger partial charge in [0.05, 0.1) is 24.1 Å². The molecule has 3 aromatic heterocycles. The number of hydrogen-bond donors (Lipinski definition) is 3. The van der Waals surface area contributed by atoms with Crippen molar-refractivity contribution in [1.29, 1.82) is 0 Å². The van der Waals surface area contributed by atoms with Gasteiger partial charge in [0, 0.05) is 61.8 Å². The Balaban J connectivity index is 0.000000437. The average molecular weight is 579 g/mol. The number of halogens is 3. The van der Waals surface area contributed by atoms with Crippen molar-refractivity contribution in [2.75, 3.05) is 37.4 Å². The van der Waals surface area contributed by atoms with Crippen molar-refractivity contribution in [2.24, 2.45) is 0 Å². The maximum absolute atomic E-state index is 13.3. The van der Waals surface area contributed by atoms with Crippen LogP contribution < -0.4 is 16.0 Å². The second-order valence-electron chi connectivity index (χ2n) is 9.62. The molecule has 1 saturated heterocycles. The highest BCUT2D eigenvalue weighted by molar-refractivity contribution is 5.83. The quantitative estimate of drug-likeness (QED) is 0.194. The van der Waals surface area contributed by atoms with E-state index in [0.29, 0.717) is 41.5 Å². The molecule has 1 aromatic carbocycles. The minimum Gasteiger partial charge on any atom is -0.388 e. The fourth-order valence-corrected chi connectivity index (χ4v) is 4.43. The number of carbonyl (C=O) groups is 1. The minimum absolute atomic E-state index is 0.218. The number of rotatable bonds is 8. The highest BCUT2D eigenvalue weighted by Crippen LogP contribution is 2.26.